The van der Waals surface area contributed by atoms with E-state index >= 15 is 0 Å². The predicted octanol–water partition coefficient (Wildman–Crippen LogP) is 4.61. The summed E-state index contributed by atoms with van der Waals surface area (Å²) in [6.45, 7) is 0.114. The maximum absolute atomic E-state index is 14.3. The van der Waals surface area contributed by atoms with E-state index in [-0.39, 0.29) is 23.4 Å². The van der Waals surface area contributed by atoms with Gasteiger partial charge < -0.3 is 14.7 Å². The summed E-state index contributed by atoms with van der Waals surface area (Å²) in [4.78, 5) is 31.5. The lowest BCUT2D eigenvalue weighted by Crippen LogP contribution is -2.29. The van der Waals surface area contributed by atoms with Crippen LogP contribution >= 0.6 is 15.9 Å². The number of halogens is 2. The first-order valence-corrected chi connectivity index (χ1v) is 10.5. The molecule has 1 aliphatic heterocycles. The van der Waals surface area contributed by atoms with E-state index in [1.54, 1.807) is 42.7 Å². The van der Waals surface area contributed by atoms with Crippen molar-refractivity contribution in [3.63, 3.8) is 0 Å². The van der Waals surface area contributed by atoms with Crippen LogP contribution in [-0.4, -0.2) is 33.8 Å². The molecule has 1 N–H and O–H groups in total. The van der Waals surface area contributed by atoms with Gasteiger partial charge in [0.2, 0.25) is 0 Å². The molecule has 162 valence electrons. The number of ether oxygens (including phenoxy) is 1. The number of ketones is 1. The zero-order chi connectivity index (χ0) is 22.8. The number of carbonyl (C=O) groups is 2. The fourth-order valence-corrected chi connectivity index (χ4v) is 4.14. The summed E-state index contributed by atoms with van der Waals surface area (Å²) in [5.41, 5.74) is 1.31. The van der Waals surface area contributed by atoms with Crippen LogP contribution in [0.25, 0.3) is 5.76 Å². The molecule has 2 heterocycles. The van der Waals surface area contributed by atoms with Crippen LogP contribution in [0.3, 0.4) is 0 Å². The predicted molar refractivity (Wildman–Crippen MR) is 119 cm³/mol. The number of hydrogen-bond donors (Lipinski definition) is 1. The number of Topliss-reactive ketones (excluding diaryl/α,β-unsaturated/α-hetero) is 1. The number of aliphatic hydroxyl groups excluding tert-OH is 1. The SMILES string of the molecule is COc1ccc(C(O)=C2C(=O)C(=O)N(Cc3cccnc3)[C@@H]2c2cccc(Br)c2)cc1F. The van der Waals surface area contributed by atoms with Crippen LogP contribution in [0.5, 0.6) is 5.75 Å². The third-order valence-corrected chi connectivity index (χ3v) is 5.70. The number of pyridine rings is 1. The van der Waals surface area contributed by atoms with Crippen molar-refractivity contribution in [3.8, 4) is 5.75 Å². The van der Waals surface area contributed by atoms with Crippen LogP contribution in [-0.2, 0) is 16.1 Å². The first kappa shape index (κ1) is 21.7. The second-order valence-corrected chi connectivity index (χ2v) is 8.11. The summed E-state index contributed by atoms with van der Waals surface area (Å²) in [6.07, 6.45) is 3.22. The van der Waals surface area contributed by atoms with Crippen molar-refractivity contribution in [2.45, 2.75) is 12.6 Å². The molecule has 1 fully saturated rings. The normalized spacial score (nSPS) is 17.6. The number of rotatable bonds is 5. The van der Waals surface area contributed by atoms with E-state index in [0.717, 1.165) is 16.1 Å². The highest BCUT2D eigenvalue weighted by atomic mass is 79.9. The molecule has 3 aromatic rings. The number of aliphatic hydroxyl groups is 1. The van der Waals surface area contributed by atoms with Crippen molar-refractivity contribution >= 4 is 33.4 Å². The van der Waals surface area contributed by atoms with Gasteiger partial charge in [-0.05, 0) is 47.5 Å². The van der Waals surface area contributed by atoms with Gasteiger partial charge in [0.15, 0.2) is 11.6 Å². The first-order valence-electron chi connectivity index (χ1n) is 9.67. The molecule has 1 amide bonds. The Labute approximate surface area is 192 Å². The highest BCUT2D eigenvalue weighted by Gasteiger charge is 2.46. The van der Waals surface area contributed by atoms with Gasteiger partial charge in [-0.1, -0.05) is 34.1 Å². The van der Waals surface area contributed by atoms with Crippen molar-refractivity contribution in [1.82, 2.24) is 9.88 Å². The Kier molecular flexibility index (Phi) is 6.05. The van der Waals surface area contributed by atoms with Gasteiger partial charge in [-0.15, -0.1) is 0 Å². The standard InChI is InChI=1S/C24H18BrFN2O4/c1-32-19-8-7-16(11-18(19)26)22(29)20-21(15-5-2-6-17(25)10-15)28(24(31)23(20)30)13-14-4-3-9-27-12-14/h2-12,21,29H,13H2,1H3/t21-/m1/s1. The fraction of sp³-hybridized carbons (Fsp3) is 0.125. The van der Waals surface area contributed by atoms with Crippen molar-refractivity contribution in [3.05, 3.63) is 99.5 Å². The third-order valence-electron chi connectivity index (χ3n) is 5.21. The molecular weight excluding hydrogens is 479 g/mol. The Hall–Kier alpha value is -3.52. The van der Waals surface area contributed by atoms with Gasteiger partial charge in [-0.25, -0.2) is 4.39 Å². The smallest absolute Gasteiger partial charge is 0.295 e. The number of carbonyl (C=O) groups excluding carboxylic acids is 2. The largest absolute Gasteiger partial charge is 0.507 e. The molecule has 1 saturated heterocycles. The van der Waals surface area contributed by atoms with E-state index in [1.165, 1.54) is 24.1 Å². The number of nitrogens with zero attached hydrogens (tertiary/aromatic N) is 2. The lowest BCUT2D eigenvalue weighted by molar-refractivity contribution is -0.140. The van der Waals surface area contributed by atoms with Gasteiger partial charge in [0.1, 0.15) is 5.76 Å². The van der Waals surface area contributed by atoms with Crippen molar-refractivity contribution in [1.29, 1.82) is 0 Å². The van der Waals surface area contributed by atoms with Crippen LogP contribution in [0.4, 0.5) is 4.39 Å². The number of hydrogen-bond acceptors (Lipinski definition) is 5. The minimum absolute atomic E-state index is 0.00196. The number of benzene rings is 2. The molecule has 8 heteroatoms. The van der Waals surface area contributed by atoms with E-state index < -0.39 is 29.3 Å². The number of methoxy groups -OCH3 is 1. The number of amides is 1. The van der Waals surface area contributed by atoms with Gasteiger partial charge in [-0.3, -0.25) is 14.6 Å². The monoisotopic (exact) mass is 496 g/mol. The molecule has 1 aliphatic rings. The molecule has 0 aliphatic carbocycles. The van der Waals surface area contributed by atoms with Gasteiger partial charge in [0.25, 0.3) is 11.7 Å². The van der Waals surface area contributed by atoms with Gasteiger partial charge in [0, 0.05) is 29.0 Å². The third kappa shape index (κ3) is 4.01. The van der Waals surface area contributed by atoms with E-state index in [9.17, 15) is 19.1 Å². The molecule has 2 aromatic carbocycles. The van der Waals surface area contributed by atoms with Gasteiger partial charge in [0.05, 0.1) is 18.7 Å². The second kappa shape index (κ2) is 8.92. The summed E-state index contributed by atoms with van der Waals surface area (Å²) in [6, 6.07) is 13.6. The molecule has 1 aromatic heterocycles. The highest BCUT2D eigenvalue weighted by Crippen LogP contribution is 2.41. The molecule has 32 heavy (non-hydrogen) atoms. The Morgan fingerprint density at radius 2 is 2.00 bits per heavy atom. The van der Waals surface area contributed by atoms with Crippen LogP contribution in [0.15, 0.2) is 77.0 Å². The lowest BCUT2D eigenvalue weighted by Gasteiger charge is -2.25. The summed E-state index contributed by atoms with van der Waals surface area (Å²) >= 11 is 3.41. The Bertz CT molecular complexity index is 1230. The van der Waals surface area contributed by atoms with E-state index in [0.29, 0.717) is 5.56 Å². The summed E-state index contributed by atoms with van der Waals surface area (Å²) in [7, 11) is 1.33. The molecule has 4 rings (SSSR count). The van der Waals surface area contributed by atoms with Gasteiger partial charge >= 0.3 is 0 Å². The molecule has 0 radical (unpaired) electrons. The van der Waals surface area contributed by atoms with Crippen molar-refractivity contribution in [2.75, 3.05) is 7.11 Å². The number of likely N-dealkylation sites (tertiary alicyclic amines) is 1. The molecule has 0 saturated carbocycles. The van der Waals surface area contributed by atoms with E-state index in [1.807, 2.05) is 6.07 Å². The average molecular weight is 497 g/mol. The van der Waals surface area contributed by atoms with Gasteiger partial charge in [-0.2, -0.15) is 0 Å². The molecule has 0 bridgehead atoms. The Morgan fingerprint density at radius 1 is 1.19 bits per heavy atom. The summed E-state index contributed by atoms with van der Waals surface area (Å²) in [5, 5.41) is 11.0. The zero-order valence-electron chi connectivity index (χ0n) is 17.0. The second-order valence-electron chi connectivity index (χ2n) is 7.19. The highest BCUT2D eigenvalue weighted by molar-refractivity contribution is 9.10. The molecule has 1 atom stereocenters. The topological polar surface area (TPSA) is 79.7 Å². The summed E-state index contributed by atoms with van der Waals surface area (Å²) in [5.74, 6) is -2.74. The van der Waals surface area contributed by atoms with Crippen molar-refractivity contribution < 1.29 is 23.8 Å². The maximum Gasteiger partial charge on any atom is 0.295 e. The quantitative estimate of drug-likeness (QED) is 0.317. The Balaban J connectivity index is 1.87. The molecule has 0 unspecified atom stereocenters. The fourth-order valence-electron chi connectivity index (χ4n) is 3.72. The van der Waals surface area contributed by atoms with Crippen LogP contribution in [0.2, 0.25) is 0 Å². The van der Waals surface area contributed by atoms with E-state index in [2.05, 4.69) is 20.9 Å². The van der Waals surface area contributed by atoms with Crippen molar-refractivity contribution in [2.24, 2.45) is 0 Å². The van der Waals surface area contributed by atoms with E-state index in [4.69, 9.17) is 4.74 Å². The Morgan fingerprint density at radius 3 is 2.66 bits per heavy atom. The first-order chi connectivity index (χ1) is 15.4. The summed E-state index contributed by atoms with van der Waals surface area (Å²) < 4.78 is 19.9. The van der Waals surface area contributed by atoms with Crippen LogP contribution in [0.1, 0.15) is 22.7 Å². The van der Waals surface area contributed by atoms with Crippen LogP contribution < -0.4 is 4.74 Å². The minimum Gasteiger partial charge on any atom is -0.507 e. The molecule has 6 nitrogen and oxygen atoms in total. The molecular formula is C24H18BrFN2O4. The average Bonchev–Trinajstić information content (AvgIpc) is 3.04. The number of aromatic nitrogens is 1. The maximum atomic E-state index is 14.3. The lowest BCUT2D eigenvalue weighted by atomic mass is 9.95. The minimum atomic E-state index is -0.863. The zero-order valence-corrected chi connectivity index (χ0v) is 18.5. The molecule has 0 spiro atoms. The van der Waals surface area contributed by atoms with Crippen LogP contribution in [0, 0.1) is 5.82 Å².